The van der Waals surface area contributed by atoms with E-state index in [1.807, 2.05) is 0 Å². The van der Waals surface area contributed by atoms with Crippen LogP contribution >= 0.6 is 0 Å². The fourth-order valence-electron chi connectivity index (χ4n) is 2.43. The predicted molar refractivity (Wildman–Crippen MR) is 74.5 cm³/mol. The molecule has 0 saturated carbocycles. The van der Waals surface area contributed by atoms with Gasteiger partial charge in [-0.3, -0.25) is 9.48 Å². The summed E-state index contributed by atoms with van der Waals surface area (Å²) in [6, 6.07) is 1.68. The predicted octanol–water partition coefficient (Wildman–Crippen LogP) is 0.313. The number of nitrogens with one attached hydrogen (secondary N) is 1. The number of likely N-dealkylation sites (tertiary alicyclic amines) is 1. The molecule has 6 nitrogen and oxygen atoms in total. The lowest BCUT2D eigenvalue weighted by molar-refractivity contribution is -0.122. The van der Waals surface area contributed by atoms with Gasteiger partial charge in [-0.1, -0.05) is 6.92 Å². The van der Waals surface area contributed by atoms with Crippen molar-refractivity contribution in [2.75, 3.05) is 31.9 Å². The second-order valence-electron chi connectivity index (χ2n) is 5.36. The zero-order chi connectivity index (χ0) is 13.7. The molecule has 1 saturated heterocycles. The molecule has 2 heterocycles. The van der Waals surface area contributed by atoms with Crippen LogP contribution in [-0.4, -0.2) is 46.8 Å². The zero-order valence-electron chi connectivity index (χ0n) is 11.5. The molecule has 1 atom stereocenters. The summed E-state index contributed by atoms with van der Waals surface area (Å²) in [5.41, 5.74) is 5.50. The number of nitrogen functional groups attached to an aromatic ring is 1. The van der Waals surface area contributed by atoms with Gasteiger partial charge < -0.3 is 16.0 Å². The van der Waals surface area contributed by atoms with Gasteiger partial charge in [0.1, 0.15) is 12.4 Å². The van der Waals surface area contributed by atoms with Crippen molar-refractivity contribution in [2.24, 2.45) is 5.92 Å². The van der Waals surface area contributed by atoms with Gasteiger partial charge in [-0.15, -0.1) is 0 Å². The molecular weight excluding hydrogens is 242 g/mol. The number of aromatic nitrogens is 2. The topological polar surface area (TPSA) is 76.2 Å². The number of hydrogen-bond acceptors (Lipinski definition) is 4. The quantitative estimate of drug-likeness (QED) is 0.776. The van der Waals surface area contributed by atoms with Gasteiger partial charge in [-0.2, -0.15) is 5.10 Å². The molecule has 1 aromatic rings. The first-order valence-corrected chi connectivity index (χ1v) is 6.91. The SMILES string of the molecule is CC(CNC(=O)Cn1ccc(N)n1)CN1CCCC1. The number of amides is 1. The van der Waals surface area contributed by atoms with Crippen molar-refractivity contribution in [1.29, 1.82) is 0 Å². The van der Waals surface area contributed by atoms with Crippen molar-refractivity contribution in [3.05, 3.63) is 12.3 Å². The second-order valence-corrected chi connectivity index (χ2v) is 5.36. The normalized spacial score (nSPS) is 17.5. The largest absolute Gasteiger partial charge is 0.382 e. The van der Waals surface area contributed by atoms with E-state index in [9.17, 15) is 4.79 Å². The molecule has 1 amide bonds. The third-order valence-corrected chi connectivity index (χ3v) is 3.38. The first-order valence-electron chi connectivity index (χ1n) is 6.91. The fraction of sp³-hybridized carbons (Fsp3) is 0.692. The van der Waals surface area contributed by atoms with Gasteiger partial charge in [0.05, 0.1) is 0 Å². The van der Waals surface area contributed by atoms with Gasteiger partial charge in [-0.25, -0.2) is 0 Å². The van der Waals surface area contributed by atoms with E-state index in [-0.39, 0.29) is 12.5 Å². The van der Waals surface area contributed by atoms with Crippen molar-refractivity contribution in [3.63, 3.8) is 0 Å². The highest BCUT2D eigenvalue weighted by atomic mass is 16.2. The van der Waals surface area contributed by atoms with Crippen LogP contribution in [0.4, 0.5) is 5.82 Å². The minimum atomic E-state index is -0.0172. The summed E-state index contributed by atoms with van der Waals surface area (Å²) in [4.78, 5) is 14.2. The summed E-state index contributed by atoms with van der Waals surface area (Å²) in [5.74, 6) is 0.899. The summed E-state index contributed by atoms with van der Waals surface area (Å²) in [5, 5.41) is 6.93. The summed E-state index contributed by atoms with van der Waals surface area (Å²) >= 11 is 0. The van der Waals surface area contributed by atoms with Crippen LogP contribution in [0, 0.1) is 5.92 Å². The summed E-state index contributed by atoms with van der Waals surface area (Å²) in [6.45, 7) is 6.58. The molecule has 19 heavy (non-hydrogen) atoms. The molecule has 1 aliphatic rings. The third-order valence-electron chi connectivity index (χ3n) is 3.38. The molecule has 6 heteroatoms. The Kier molecular flexibility index (Phi) is 4.79. The lowest BCUT2D eigenvalue weighted by Crippen LogP contribution is -2.36. The molecule has 106 valence electrons. The Hall–Kier alpha value is -1.56. The first kappa shape index (κ1) is 13.9. The molecular formula is C13H23N5O. The highest BCUT2D eigenvalue weighted by molar-refractivity contribution is 5.75. The van der Waals surface area contributed by atoms with Gasteiger partial charge in [0, 0.05) is 19.3 Å². The van der Waals surface area contributed by atoms with E-state index < -0.39 is 0 Å². The smallest absolute Gasteiger partial charge is 0.241 e. The first-order chi connectivity index (χ1) is 9.13. The molecule has 0 aliphatic carbocycles. The van der Waals surface area contributed by atoms with Crippen LogP contribution in [0.25, 0.3) is 0 Å². The maximum atomic E-state index is 11.7. The zero-order valence-corrected chi connectivity index (χ0v) is 11.5. The number of rotatable bonds is 6. The van der Waals surface area contributed by atoms with Gasteiger partial charge in [0.25, 0.3) is 0 Å². The van der Waals surface area contributed by atoms with E-state index >= 15 is 0 Å². The second kappa shape index (κ2) is 6.56. The van der Waals surface area contributed by atoms with E-state index in [2.05, 4.69) is 22.2 Å². The number of anilines is 1. The Balaban J connectivity index is 1.65. The van der Waals surface area contributed by atoms with Crippen molar-refractivity contribution < 1.29 is 4.79 Å². The van der Waals surface area contributed by atoms with E-state index in [1.54, 1.807) is 16.9 Å². The van der Waals surface area contributed by atoms with Crippen molar-refractivity contribution in [1.82, 2.24) is 20.0 Å². The minimum absolute atomic E-state index is 0.0172. The molecule has 1 unspecified atom stereocenters. The Labute approximate surface area is 113 Å². The molecule has 1 aromatic heterocycles. The Morgan fingerprint density at radius 2 is 2.26 bits per heavy atom. The Bertz CT molecular complexity index is 411. The molecule has 2 rings (SSSR count). The average molecular weight is 265 g/mol. The summed E-state index contributed by atoms with van der Waals surface area (Å²) < 4.78 is 1.55. The van der Waals surface area contributed by atoms with Crippen LogP contribution in [0.1, 0.15) is 19.8 Å². The van der Waals surface area contributed by atoms with Crippen molar-refractivity contribution >= 4 is 11.7 Å². The molecule has 3 N–H and O–H groups in total. The van der Waals surface area contributed by atoms with Crippen LogP contribution < -0.4 is 11.1 Å². The number of nitrogens with zero attached hydrogens (tertiary/aromatic N) is 3. The number of hydrogen-bond donors (Lipinski definition) is 2. The van der Waals surface area contributed by atoms with E-state index in [0.717, 1.165) is 6.54 Å². The summed E-state index contributed by atoms with van der Waals surface area (Å²) in [7, 11) is 0. The van der Waals surface area contributed by atoms with Crippen molar-refractivity contribution in [3.8, 4) is 0 Å². The van der Waals surface area contributed by atoms with Crippen LogP contribution in [0.2, 0.25) is 0 Å². The third kappa shape index (κ3) is 4.55. The molecule has 0 radical (unpaired) electrons. The number of carbonyl (C=O) groups is 1. The minimum Gasteiger partial charge on any atom is -0.382 e. The maximum absolute atomic E-state index is 11.7. The standard InChI is InChI=1S/C13H23N5O/c1-11(9-17-5-2-3-6-17)8-15-13(19)10-18-7-4-12(14)16-18/h4,7,11H,2-3,5-6,8-10H2,1H3,(H2,14,16)(H,15,19). The van der Waals surface area contributed by atoms with Crippen LogP contribution in [0.5, 0.6) is 0 Å². The van der Waals surface area contributed by atoms with Gasteiger partial charge in [-0.05, 0) is 37.9 Å². The maximum Gasteiger partial charge on any atom is 0.241 e. The molecule has 1 fully saturated rings. The van der Waals surface area contributed by atoms with Crippen LogP contribution in [0.15, 0.2) is 12.3 Å². The Morgan fingerprint density at radius 3 is 2.89 bits per heavy atom. The Morgan fingerprint density at radius 1 is 1.53 bits per heavy atom. The summed E-state index contributed by atoms with van der Waals surface area (Å²) in [6.07, 6.45) is 4.32. The lowest BCUT2D eigenvalue weighted by Gasteiger charge is -2.20. The number of carbonyl (C=O) groups excluding carboxylic acids is 1. The highest BCUT2D eigenvalue weighted by Gasteiger charge is 2.15. The van der Waals surface area contributed by atoms with Crippen LogP contribution in [0.3, 0.4) is 0 Å². The average Bonchev–Trinajstić information content (AvgIpc) is 2.99. The van der Waals surface area contributed by atoms with Gasteiger partial charge in [0.2, 0.25) is 5.91 Å². The molecule has 1 aliphatic heterocycles. The van der Waals surface area contributed by atoms with Gasteiger partial charge >= 0.3 is 0 Å². The highest BCUT2D eigenvalue weighted by Crippen LogP contribution is 2.09. The van der Waals surface area contributed by atoms with Crippen LogP contribution in [-0.2, 0) is 11.3 Å². The van der Waals surface area contributed by atoms with E-state index in [4.69, 9.17) is 5.73 Å². The van der Waals surface area contributed by atoms with Gasteiger partial charge in [0.15, 0.2) is 0 Å². The van der Waals surface area contributed by atoms with E-state index in [1.165, 1.54) is 25.9 Å². The molecule has 0 aromatic carbocycles. The molecule has 0 spiro atoms. The fourth-order valence-corrected chi connectivity index (χ4v) is 2.43. The monoisotopic (exact) mass is 265 g/mol. The lowest BCUT2D eigenvalue weighted by atomic mass is 10.1. The van der Waals surface area contributed by atoms with E-state index in [0.29, 0.717) is 18.3 Å². The van der Waals surface area contributed by atoms with Crippen molar-refractivity contribution in [2.45, 2.75) is 26.3 Å². The molecule has 0 bridgehead atoms. The number of nitrogens with two attached hydrogens (primary N) is 1.